The number of hydrogen-bond donors (Lipinski definition) is 1. The monoisotopic (exact) mass is 375 g/mol. The number of rotatable bonds is 5. The van der Waals surface area contributed by atoms with Gasteiger partial charge in [-0.15, -0.1) is 11.3 Å². The van der Waals surface area contributed by atoms with Crippen molar-refractivity contribution in [3.05, 3.63) is 104 Å². The van der Waals surface area contributed by atoms with E-state index >= 15 is 0 Å². The molecule has 0 bridgehead atoms. The molecule has 4 rings (SSSR count). The highest BCUT2D eigenvalue weighted by atomic mass is 32.1. The lowest BCUT2D eigenvalue weighted by Gasteiger charge is -2.19. The third-order valence-electron chi connectivity index (χ3n) is 4.90. The molecule has 0 saturated heterocycles. The molecule has 2 heterocycles. The Balaban J connectivity index is 1.71. The Morgan fingerprint density at radius 1 is 1.00 bits per heavy atom. The van der Waals surface area contributed by atoms with Crippen molar-refractivity contribution in [2.45, 2.75) is 26.4 Å². The van der Waals surface area contributed by atoms with Crippen LogP contribution in [0.5, 0.6) is 0 Å². The largest absolute Gasteiger partial charge is 0.423 e. The quantitative estimate of drug-likeness (QED) is 0.478. The van der Waals surface area contributed by atoms with Gasteiger partial charge >= 0.3 is 5.63 Å². The Labute approximate surface area is 162 Å². The Morgan fingerprint density at radius 2 is 1.78 bits per heavy atom. The first-order chi connectivity index (χ1) is 13.1. The number of aryl methyl sites for hydroxylation is 2. The van der Waals surface area contributed by atoms with Crippen molar-refractivity contribution < 1.29 is 4.42 Å². The number of benzene rings is 2. The predicted octanol–water partition coefficient (Wildman–Crippen LogP) is 5.35. The highest BCUT2D eigenvalue weighted by Crippen LogP contribution is 2.27. The minimum atomic E-state index is -0.310. The molecule has 0 saturated carbocycles. The molecule has 0 unspecified atom stereocenters. The Kier molecular flexibility index (Phi) is 4.92. The van der Waals surface area contributed by atoms with Crippen molar-refractivity contribution >= 4 is 22.3 Å². The van der Waals surface area contributed by atoms with Gasteiger partial charge in [-0.1, -0.05) is 36.4 Å². The summed E-state index contributed by atoms with van der Waals surface area (Å²) < 4.78 is 5.42. The zero-order chi connectivity index (χ0) is 18.8. The summed E-state index contributed by atoms with van der Waals surface area (Å²) in [6, 6.07) is 20.3. The van der Waals surface area contributed by atoms with E-state index in [2.05, 4.69) is 60.1 Å². The first-order valence-electron chi connectivity index (χ1n) is 8.97. The van der Waals surface area contributed by atoms with Crippen LogP contribution in [0.25, 0.3) is 11.0 Å². The van der Waals surface area contributed by atoms with E-state index in [0.717, 1.165) is 16.5 Å². The van der Waals surface area contributed by atoms with Crippen LogP contribution in [0.4, 0.5) is 0 Å². The molecule has 2 aromatic heterocycles. The van der Waals surface area contributed by atoms with Crippen molar-refractivity contribution in [3.63, 3.8) is 0 Å². The van der Waals surface area contributed by atoms with Crippen LogP contribution in [0, 0.1) is 13.8 Å². The molecule has 4 heteroatoms. The van der Waals surface area contributed by atoms with Crippen LogP contribution in [0.1, 0.15) is 33.2 Å². The van der Waals surface area contributed by atoms with Gasteiger partial charge in [0.2, 0.25) is 0 Å². The van der Waals surface area contributed by atoms with Crippen molar-refractivity contribution in [3.8, 4) is 0 Å². The second-order valence-electron chi connectivity index (χ2n) is 6.76. The second kappa shape index (κ2) is 7.51. The number of nitrogens with one attached hydrogen (secondary N) is 1. The van der Waals surface area contributed by atoms with Gasteiger partial charge in [0.25, 0.3) is 0 Å². The van der Waals surface area contributed by atoms with Gasteiger partial charge in [0, 0.05) is 22.9 Å². The van der Waals surface area contributed by atoms with Crippen LogP contribution in [-0.2, 0) is 6.54 Å². The summed E-state index contributed by atoms with van der Waals surface area (Å²) in [5.74, 6) is 0. The molecule has 27 heavy (non-hydrogen) atoms. The summed E-state index contributed by atoms with van der Waals surface area (Å²) in [5.41, 5.74) is 4.82. The van der Waals surface area contributed by atoms with E-state index in [9.17, 15) is 4.79 Å². The molecule has 2 aromatic carbocycles. The van der Waals surface area contributed by atoms with Crippen LogP contribution in [0.3, 0.4) is 0 Å². The SMILES string of the molecule is Cc1cc2oc(=O)cc(CN[C@@H](c3ccccc3)c3cccs3)c2cc1C. The number of fused-ring (bicyclic) bond motifs is 1. The van der Waals surface area contributed by atoms with E-state index in [1.165, 1.54) is 16.0 Å². The van der Waals surface area contributed by atoms with E-state index in [4.69, 9.17) is 4.42 Å². The van der Waals surface area contributed by atoms with Crippen LogP contribution in [0.15, 0.2) is 75.3 Å². The lowest BCUT2D eigenvalue weighted by atomic mass is 10.0. The summed E-state index contributed by atoms with van der Waals surface area (Å²) >= 11 is 1.73. The standard InChI is InChI=1S/C23H21NO2S/c1-15-11-19-18(13-22(25)26-20(19)12-16(15)2)14-24-23(21-9-6-10-27-21)17-7-4-3-5-8-17/h3-13,23-24H,14H2,1-2H3/t23-/m0/s1. The molecule has 0 aliphatic heterocycles. The van der Waals surface area contributed by atoms with E-state index in [0.29, 0.717) is 12.1 Å². The Hall–Kier alpha value is -2.69. The van der Waals surface area contributed by atoms with Gasteiger partial charge in [-0.25, -0.2) is 4.79 Å². The normalized spacial score (nSPS) is 12.4. The summed E-state index contributed by atoms with van der Waals surface area (Å²) in [4.78, 5) is 13.3. The average molecular weight is 375 g/mol. The van der Waals surface area contributed by atoms with Gasteiger partial charge in [0.05, 0.1) is 6.04 Å². The highest BCUT2D eigenvalue weighted by Gasteiger charge is 2.16. The maximum absolute atomic E-state index is 12.1. The van der Waals surface area contributed by atoms with Gasteiger partial charge in [0.1, 0.15) is 5.58 Å². The third-order valence-corrected chi connectivity index (χ3v) is 5.84. The molecule has 0 aliphatic carbocycles. The smallest absolute Gasteiger partial charge is 0.336 e. The summed E-state index contributed by atoms with van der Waals surface area (Å²) in [6.45, 7) is 4.69. The maximum Gasteiger partial charge on any atom is 0.336 e. The lowest BCUT2D eigenvalue weighted by molar-refractivity contribution is 0.553. The van der Waals surface area contributed by atoms with Gasteiger partial charge in [0.15, 0.2) is 0 Å². The van der Waals surface area contributed by atoms with Crippen LogP contribution < -0.4 is 10.9 Å². The molecular formula is C23H21NO2S. The van der Waals surface area contributed by atoms with Crippen molar-refractivity contribution in [1.82, 2.24) is 5.32 Å². The van der Waals surface area contributed by atoms with Crippen LogP contribution in [0.2, 0.25) is 0 Å². The minimum Gasteiger partial charge on any atom is -0.423 e. The molecule has 3 nitrogen and oxygen atoms in total. The van der Waals surface area contributed by atoms with E-state index in [-0.39, 0.29) is 11.7 Å². The Bertz CT molecular complexity index is 1110. The van der Waals surface area contributed by atoms with Crippen molar-refractivity contribution in [2.24, 2.45) is 0 Å². The highest BCUT2D eigenvalue weighted by molar-refractivity contribution is 7.10. The predicted molar refractivity (Wildman–Crippen MR) is 111 cm³/mol. The fourth-order valence-electron chi connectivity index (χ4n) is 3.32. The molecule has 0 fully saturated rings. The molecule has 136 valence electrons. The summed E-state index contributed by atoms with van der Waals surface area (Å²) in [7, 11) is 0. The second-order valence-corrected chi connectivity index (χ2v) is 7.74. The van der Waals surface area contributed by atoms with E-state index in [1.54, 1.807) is 17.4 Å². The lowest BCUT2D eigenvalue weighted by Crippen LogP contribution is -2.22. The zero-order valence-corrected chi connectivity index (χ0v) is 16.2. The third kappa shape index (κ3) is 3.72. The van der Waals surface area contributed by atoms with Gasteiger partial charge in [-0.2, -0.15) is 0 Å². The average Bonchev–Trinajstić information content (AvgIpc) is 3.19. The van der Waals surface area contributed by atoms with E-state index < -0.39 is 0 Å². The molecule has 0 spiro atoms. The molecule has 4 aromatic rings. The molecule has 0 aliphatic rings. The molecule has 0 amide bonds. The fourth-order valence-corrected chi connectivity index (χ4v) is 4.15. The summed E-state index contributed by atoms with van der Waals surface area (Å²) in [5, 5.41) is 6.72. The molecule has 0 radical (unpaired) electrons. The topological polar surface area (TPSA) is 42.2 Å². The van der Waals surface area contributed by atoms with Gasteiger partial charge in [-0.3, -0.25) is 0 Å². The fraction of sp³-hybridized carbons (Fsp3) is 0.174. The van der Waals surface area contributed by atoms with E-state index in [1.807, 2.05) is 19.1 Å². The van der Waals surface area contributed by atoms with Crippen LogP contribution in [-0.4, -0.2) is 0 Å². The minimum absolute atomic E-state index is 0.0834. The molecule has 1 N–H and O–H groups in total. The zero-order valence-electron chi connectivity index (χ0n) is 15.4. The first-order valence-corrected chi connectivity index (χ1v) is 9.85. The van der Waals surface area contributed by atoms with Crippen molar-refractivity contribution in [2.75, 3.05) is 0 Å². The van der Waals surface area contributed by atoms with Crippen LogP contribution >= 0.6 is 11.3 Å². The Morgan fingerprint density at radius 3 is 2.52 bits per heavy atom. The number of hydrogen-bond acceptors (Lipinski definition) is 4. The maximum atomic E-state index is 12.1. The van der Waals surface area contributed by atoms with Crippen molar-refractivity contribution in [1.29, 1.82) is 0 Å². The van der Waals surface area contributed by atoms with Gasteiger partial charge in [-0.05, 0) is 59.7 Å². The summed E-state index contributed by atoms with van der Waals surface area (Å²) in [6.07, 6.45) is 0. The number of thiophene rings is 1. The first kappa shape index (κ1) is 17.7. The molecular weight excluding hydrogens is 354 g/mol. The van der Waals surface area contributed by atoms with Gasteiger partial charge < -0.3 is 9.73 Å². The molecule has 1 atom stereocenters.